The van der Waals surface area contributed by atoms with Crippen LogP contribution >= 0.6 is 0 Å². The quantitative estimate of drug-likeness (QED) is 0.918. The summed E-state index contributed by atoms with van der Waals surface area (Å²) in [5, 5.41) is 17.2. The predicted octanol–water partition coefficient (Wildman–Crippen LogP) is 1.88. The van der Waals surface area contributed by atoms with Gasteiger partial charge < -0.3 is 14.7 Å². The highest BCUT2D eigenvalue weighted by molar-refractivity contribution is 5.95. The van der Waals surface area contributed by atoms with Gasteiger partial charge in [0.15, 0.2) is 5.82 Å². The number of carboxylic acids is 1. The van der Waals surface area contributed by atoms with Crippen LogP contribution in [0.15, 0.2) is 30.3 Å². The predicted molar refractivity (Wildman–Crippen MR) is 72.7 cm³/mol. The molecule has 1 aromatic carbocycles. The zero-order valence-corrected chi connectivity index (χ0v) is 10.9. The molecule has 2 heterocycles. The van der Waals surface area contributed by atoms with E-state index in [1.165, 1.54) is 18.7 Å². The maximum absolute atomic E-state index is 11.4. The lowest BCUT2D eigenvalue weighted by Crippen LogP contribution is -2.19. The molecule has 6 nitrogen and oxygen atoms in total. The summed E-state index contributed by atoms with van der Waals surface area (Å²) in [6, 6.07) is 9.28. The van der Waals surface area contributed by atoms with E-state index in [1.54, 1.807) is 0 Å². The number of ether oxygens (including phenoxy) is 1. The minimum atomic E-state index is -1.04. The van der Waals surface area contributed by atoms with Crippen LogP contribution in [-0.2, 0) is 6.42 Å². The van der Waals surface area contributed by atoms with Gasteiger partial charge in [-0.2, -0.15) is 0 Å². The second-order valence-electron chi connectivity index (χ2n) is 4.46. The molecule has 1 aromatic heterocycles. The SMILES string of the molecule is COc1cc(C(=O)O)c(N2CCc3ccccc32)nn1. The summed E-state index contributed by atoms with van der Waals surface area (Å²) >= 11 is 0. The largest absolute Gasteiger partial charge is 0.480 e. The van der Waals surface area contributed by atoms with Gasteiger partial charge >= 0.3 is 5.97 Å². The van der Waals surface area contributed by atoms with Gasteiger partial charge in [0.25, 0.3) is 0 Å². The number of rotatable bonds is 3. The van der Waals surface area contributed by atoms with E-state index in [2.05, 4.69) is 10.2 Å². The Hall–Kier alpha value is -2.63. The number of carbonyl (C=O) groups is 1. The summed E-state index contributed by atoms with van der Waals surface area (Å²) in [5.41, 5.74) is 2.25. The van der Waals surface area contributed by atoms with Crippen molar-refractivity contribution in [1.82, 2.24) is 10.2 Å². The Morgan fingerprint density at radius 3 is 2.90 bits per heavy atom. The van der Waals surface area contributed by atoms with Crippen molar-refractivity contribution in [3.05, 3.63) is 41.5 Å². The number of hydrogen-bond donors (Lipinski definition) is 1. The lowest BCUT2D eigenvalue weighted by molar-refractivity contribution is 0.0696. The number of benzene rings is 1. The first-order chi connectivity index (χ1) is 9.70. The van der Waals surface area contributed by atoms with Crippen LogP contribution in [0.1, 0.15) is 15.9 Å². The standard InChI is InChI=1S/C14H13N3O3/c1-20-12-8-10(14(18)19)13(16-15-12)17-7-6-9-4-2-3-5-11(9)17/h2-5,8H,6-7H2,1H3,(H,18,19). The Morgan fingerprint density at radius 1 is 1.35 bits per heavy atom. The molecule has 1 N–H and O–H groups in total. The summed E-state index contributed by atoms with van der Waals surface area (Å²) in [7, 11) is 1.43. The molecule has 0 fully saturated rings. The summed E-state index contributed by atoms with van der Waals surface area (Å²) in [4.78, 5) is 13.3. The maximum Gasteiger partial charge on any atom is 0.339 e. The van der Waals surface area contributed by atoms with Crippen LogP contribution in [0, 0.1) is 0 Å². The number of nitrogens with zero attached hydrogens (tertiary/aromatic N) is 3. The van der Waals surface area contributed by atoms with Crippen molar-refractivity contribution in [3.63, 3.8) is 0 Å². The van der Waals surface area contributed by atoms with E-state index in [9.17, 15) is 9.90 Å². The molecule has 0 atom stereocenters. The van der Waals surface area contributed by atoms with Crippen molar-refractivity contribution >= 4 is 17.5 Å². The topological polar surface area (TPSA) is 75.6 Å². The van der Waals surface area contributed by atoms with Crippen LogP contribution in [0.3, 0.4) is 0 Å². The fourth-order valence-corrected chi connectivity index (χ4v) is 2.38. The molecule has 0 spiro atoms. The van der Waals surface area contributed by atoms with E-state index in [4.69, 9.17) is 4.74 Å². The second kappa shape index (κ2) is 4.80. The Balaban J connectivity index is 2.09. The van der Waals surface area contributed by atoms with Crippen LogP contribution in [0.25, 0.3) is 0 Å². The molecule has 20 heavy (non-hydrogen) atoms. The fourth-order valence-electron chi connectivity index (χ4n) is 2.38. The number of carboxylic acid groups (broad SMARTS) is 1. The van der Waals surface area contributed by atoms with Crippen molar-refractivity contribution in [2.45, 2.75) is 6.42 Å². The number of methoxy groups -OCH3 is 1. The third-order valence-corrected chi connectivity index (χ3v) is 3.33. The number of anilines is 2. The van der Waals surface area contributed by atoms with E-state index >= 15 is 0 Å². The first kappa shape index (κ1) is 12.4. The van der Waals surface area contributed by atoms with Crippen LogP contribution in [0.4, 0.5) is 11.5 Å². The average molecular weight is 271 g/mol. The molecular weight excluding hydrogens is 258 g/mol. The molecule has 0 unspecified atom stereocenters. The van der Waals surface area contributed by atoms with E-state index in [-0.39, 0.29) is 11.4 Å². The lowest BCUT2D eigenvalue weighted by Gasteiger charge is -2.19. The molecule has 0 amide bonds. The highest BCUT2D eigenvalue weighted by Crippen LogP contribution is 2.35. The molecule has 1 aliphatic rings. The molecule has 3 rings (SSSR count). The Kier molecular flexibility index (Phi) is 2.98. The van der Waals surface area contributed by atoms with Gasteiger partial charge in [-0.25, -0.2) is 4.79 Å². The molecule has 0 aliphatic carbocycles. The van der Waals surface area contributed by atoms with Gasteiger partial charge in [-0.15, -0.1) is 10.2 Å². The first-order valence-corrected chi connectivity index (χ1v) is 6.21. The summed E-state index contributed by atoms with van der Waals surface area (Å²) in [5.74, 6) is -0.500. The second-order valence-corrected chi connectivity index (χ2v) is 4.46. The number of hydrogen-bond acceptors (Lipinski definition) is 5. The molecule has 0 bridgehead atoms. The zero-order valence-electron chi connectivity index (χ0n) is 10.9. The van der Waals surface area contributed by atoms with Gasteiger partial charge in [-0.3, -0.25) is 0 Å². The number of para-hydroxylation sites is 1. The van der Waals surface area contributed by atoms with Gasteiger partial charge in [0.2, 0.25) is 5.88 Å². The molecule has 0 saturated heterocycles. The number of fused-ring (bicyclic) bond motifs is 1. The van der Waals surface area contributed by atoms with Crippen molar-refractivity contribution in [2.24, 2.45) is 0 Å². The molecule has 2 aromatic rings. The smallest absolute Gasteiger partial charge is 0.339 e. The normalized spacial score (nSPS) is 13.2. The van der Waals surface area contributed by atoms with Crippen LogP contribution < -0.4 is 9.64 Å². The fraction of sp³-hybridized carbons (Fsp3) is 0.214. The van der Waals surface area contributed by atoms with Crippen LogP contribution in [0.2, 0.25) is 0 Å². The third-order valence-electron chi connectivity index (χ3n) is 3.33. The Morgan fingerprint density at radius 2 is 2.15 bits per heavy atom. The molecule has 102 valence electrons. The van der Waals surface area contributed by atoms with Gasteiger partial charge in [-0.1, -0.05) is 18.2 Å². The highest BCUT2D eigenvalue weighted by Gasteiger charge is 2.26. The van der Waals surface area contributed by atoms with Gasteiger partial charge in [-0.05, 0) is 18.1 Å². The van der Waals surface area contributed by atoms with Gasteiger partial charge in [0.1, 0.15) is 5.56 Å². The van der Waals surface area contributed by atoms with E-state index in [0.717, 1.165) is 12.1 Å². The van der Waals surface area contributed by atoms with Crippen molar-refractivity contribution < 1.29 is 14.6 Å². The third kappa shape index (κ3) is 1.95. The monoisotopic (exact) mass is 271 g/mol. The summed E-state index contributed by atoms with van der Waals surface area (Å²) in [6.07, 6.45) is 0.864. The van der Waals surface area contributed by atoms with Crippen LogP contribution in [0.5, 0.6) is 5.88 Å². The van der Waals surface area contributed by atoms with Gasteiger partial charge in [0, 0.05) is 18.3 Å². The molecular formula is C14H13N3O3. The van der Waals surface area contributed by atoms with E-state index < -0.39 is 5.97 Å². The van der Waals surface area contributed by atoms with Crippen molar-refractivity contribution in [1.29, 1.82) is 0 Å². The minimum Gasteiger partial charge on any atom is -0.480 e. The van der Waals surface area contributed by atoms with E-state index in [0.29, 0.717) is 12.4 Å². The van der Waals surface area contributed by atoms with Gasteiger partial charge in [0.05, 0.1) is 7.11 Å². The van der Waals surface area contributed by atoms with Crippen molar-refractivity contribution in [2.75, 3.05) is 18.6 Å². The van der Waals surface area contributed by atoms with Crippen molar-refractivity contribution in [3.8, 4) is 5.88 Å². The average Bonchev–Trinajstić information content (AvgIpc) is 2.90. The zero-order chi connectivity index (χ0) is 14.1. The molecule has 6 heteroatoms. The number of aromatic carboxylic acids is 1. The summed E-state index contributed by atoms with van der Waals surface area (Å²) in [6.45, 7) is 0.695. The maximum atomic E-state index is 11.4. The number of aromatic nitrogens is 2. The van der Waals surface area contributed by atoms with Crippen LogP contribution in [-0.4, -0.2) is 34.9 Å². The Bertz CT molecular complexity index is 672. The lowest BCUT2D eigenvalue weighted by atomic mass is 10.2. The Labute approximate surface area is 115 Å². The highest BCUT2D eigenvalue weighted by atomic mass is 16.5. The molecule has 1 aliphatic heterocycles. The molecule has 0 saturated carbocycles. The molecule has 0 radical (unpaired) electrons. The minimum absolute atomic E-state index is 0.0913. The van der Waals surface area contributed by atoms with E-state index in [1.807, 2.05) is 29.2 Å². The first-order valence-electron chi connectivity index (χ1n) is 6.21. The summed E-state index contributed by atoms with van der Waals surface area (Å²) < 4.78 is 4.94.